The summed E-state index contributed by atoms with van der Waals surface area (Å²) in [5.74, 6) is 0.358. The Kier molecular flexibility index (Phi) is 4.61. The van der Waals surface area contributed by atoms with E-state index in [1.165, 1.54) is 0 Å². The molecule has 23 heavy (non-hydrogen) atoms. The molecule has 1 aliphatic carbocycles. The molecule has 1 saturated carbocycles. The third-order valence-electron chi connectivity index (χ3n) is 4.84. The number of likely N-dealkylation sites (tertiary alicyclic amines) is 1. The number of nitrogens with zero attached hydrogens (tertiary/aromatic N) is 2. The molecule has 1 saturated heterocycles. The molecule has 2 aliphatic rings. The van der Waals surface area contributed by atoms with Gasteiger partial charge in [-0.25, -0.2) is 0 Å². The molecule has 0 bridgehead atoms. The summed E-state index contributed by atoms with van der Waals surface area (Å²) >= 11 is 0. The van der Waals surface area contributed by atoms with Crippen molar-refractivity contribution in [3.8, 4) is 6.07 Å². The number of rotatable bonds is 3. The molecular weight excluding hydrogens is 290 g/mol. The number of carbonyl (C=O) groups is 2. The lowest BCUT2D eigenvalue weighted by Gasteiger charge is -2.34. The average Bonchev–Trinajstić information content (AvgIpc) is 2.53. The Morgan fingerprint density at radius 2 is 1.91 bits per heavy atom. The Labute approximate surface area is 136 Å². The fraction of sp³-hybridized carbons (Fsp3) is 0.500. The first-order valence-corrected chi connectivity index (χ1v) is 8.27. The molecule has 2 fully saturated rings. The van der Waals surface area contributed by atoms with Crippen LogP contribution in [0, 0.1) is 17.2 Å². The van der Waals surface area contributed by atoms with Crippen LogP contribution in [0.5, 0.6) is 0 Å². The van der Waals surface area contributed by atoms with Crippen molar-refractivity contribution < 1.29 is 9.59 Å². The van der Waals surface area contributed by atoms with Gasteiger partial charge in [0.2, 0.25) is 5.91 Å². The second-order valence-corrected chi connectivity index (χ2v) is 6.40. The summed E-state index contributed by atoms with van der Waals surface area (Å²) in [6, 6.07) is 9.04. The first-order valence-electron chi connectivity index (χ1n) is 8.27. The van der Waals surface area contributed by atoms with E-state index in [1.807, 2.05) is 4.90 Å². The zero-order valence-electron chi connectivity index (χ0n) is 13.1. The van der Waals surface area contributed by atoms with Crippen LogP contribution in [0.3, 0.4) is 0 Å². The first-order chi connectivity index (χ1) is 11.2. The molecule has 0 radical (unpaired) electrons. The topological polar surface area (TPSA) is 73.2 Å². The SMILES string of the molecule is N#Cc1cccc(C(=O)N2CCC(NC(=O)C3CCC3)CC2)c1. The Morgan fingerprint density at radius 1 is 1.17 bits per heavy atom. The third kappa shape index (κ3) is 3.53. The summed E-state index contributed by atoms with van der Waals surface area (Å²) in [7, 11) is 0. The lowest BCUT2D eigenvalue weighted by atomic mass is 9.84. The molecule has 1 heterocycles. The van der Waals surface area contributed by atoms with Crippen LogP contribution in [0.25, 0.3) is 0 Å². The quantitative estimate of drug-likeness (QED) is 0.929. The van der Waals surface area contributed by atoms with Crippen LogP contribution in [-0.4, -0.2) is 35.8 Å². The standard InChI is InChI=1S/C18H21N3O2/c19-12-13-3-1-6-15(11-13)18(23)21-9-7-16(8-10-21)20-17(22)14-4-2-5-14/h1,3,6,11,14,16H,2,4-5,7-10H2,(H,20,22). The van der Waals surface area contributed by atoms with Gasteiger partial charge in [0.25, 0.3) is 5.91 Å². The zero-order chi connectivity index (χ0) is 16.2. The summed E-state index contributed by atoms with van der Waals surface area (Å²) < 4.78 is 0. The fourth-order valence-electron chi connectivity index (χ4n) is 3.12. The molecule has 3 rings (SSSR count). The van der Waals surface area contributed by atoms with Crippen LogP contribution in [0.1, 0.15) is 48.0 Å². The van der Waals surface area contributed by atoms with Gasteiger partial charge in [-0.3, -0.25) is 9.59 Å². The minimum atomic E-state index is -0.0362. The summed E-state index contributed by atoms with van der Waals surface area (Å²) in [4.78, 5) is 26.3. The second-order valence-electron chi connectivity index (χ2n) is 6.40. The molecule has 0 spiro atoms. The van der Waals surface area contributed by atoms with Crippen molar-refractivity contribution in [3.05, 3.63) is 35.4 Å². The van der Waals surface area contributed by atoms with Crippen LogP contribution < -0.4 is 5.32 Å². The van der Waals surface area contributed by atoms with Crippen molar-refractivity contribution in [2.75, 3.05) is 13.1 Å². The Bertz CT molecular complexity index is 638. The summed E-state index contributed by atoms with van der Waals surface area (Å²) in [6.45, 7) is 1.29. The predicted octanol–water partition coefficient (Wildman–Crippen LogP) is 2.08. The molecule has 5 heteroatoms. The predicted molar refractivity (Wildman–Crippen MR) is 85.6 cm³/mol. The number of amides is 2. The molecular formula is C18H21N3O2. The van der Waals surface area contributed by atoms with Gasteiger partial charge in [-0.15, -0.1) is 0 Å². The van der Waals surface area contributed by atoms with Crippen LogP contribution in [-0.2, 0) is 4.79 Å². The van der Waals surface area contributed by atoms with Gasteiger partial charge in [0.15, 0.2) is 0 Å². The molecule has 1 aliphatic heterocycles. The van der Waals surface area contributed by atoms with Gasteiger partial charge in [0, 0.05) is 30.6 Å². The highest BCUT2D eigenvalue weighted by molar-refractivity contribution is 5.94. The highest BCUT2D eigenvalue weighted by atomic mass is 16.2. The fourth-order valence-corrected chi connectivity index (χ4v) is 3.12. The van der Waals surface area contributed by atoms with E-state index in [4.69, 9.17) is 5.26 Å². The van der Waals surface area contributed by atoms with E-state index in [0.717, 1.165) is 32.1 Å². The minimum absolute atomic E-state index is 0.0362. The summed E-state index contributed by atoms with van der Waals surface area (Å²) in [5, 5.41) is 12.0. The van der Waals surface area contributed by atoms with Crippen molar-refractivity contribution in [2.45, 2.75) is 38.1 Å². The monoisotopic (exact) mass is 311 g/mol. The molecule has 0 unspecified atom stereocenters. The van der Waals surface area contributed by atoms with Crippen molar-refractivity contribution in [3.63, 3.8) is 0 Å². The minimum Gasteiger partial charge on any atom is -0.353 e. The largest absolute Gasteiger partial charge is 0.353 e. The Morgan fingerprint density at radius 3 is 2.52 bits per heavy atom. The number of nitriles is 1. The number of hydrogen-bond donors (Lipinski definition) is 1. The number of nitrogens with one attached hydrogen (secondary N) is 1. The molecule has 2 amide bonds. The van der Waals surface area contributed by atoms with E-state index in [9.17, 15) is 9.59 Å². The summed E-state index contributed by atoms with van der Waals surface area (Å²) in [5.41, 5.74) is 1.06. The maximum atomic E-state index is 12.5. The highest BCUT2D eigenvalue weighted by Gasteiger charge is 2.29. The molecule has 1 N–H and O–H groups in total. The molecule has 120 valence electrons. The van der Waals surface area contributed by atoms with Crippen molar-refractivity contribution in [1.29, 1.82) is 5.26 Å². The second kappa shape index (κ2) is 6.82. The molecule has 0 atom stereocenters. The number of piperidine rings is 1. The van der Waals surface area contributed by atoms with Crippen molar-refractivity contribution >= 4 is 11.8 Å². The molecule has 0 aromatic heterocycles. The summed E-state index contributed by atoms with van der Waals surface area (Å²) in [6.07, 6.45) is 4.77. The van der Waals surface area contributed by atoms with E-state index in [-0.39, 0.29) is 23.8 Å². The number of carbonyl (C=O) groups excluding carboxylic acids is 2. The maximum absolute atomic E-state index is 12.5. The smallest absolute Gasteiger partial charge is 0.253 e. The average molecular weight is 311 g/mol. The van der Waals surface area contributed by atoms with E-state index < -0.39 is 0 Å². The maximum Gasteiger partial charge on any atom is 0.253 e. The number of benzene rings is 1. The zero-order valence-corrected chi connectivity index (χ0v) is 13.1. The molecule has 5 nitrogen and oxygen atoms in total. The lowest BCUT2D eigenvalue weighted by molar-refractivity contribution is -0.128. The third-order valence-corrected chi connectivity index (χ3v) is 4.84. The van der Waals surface area contributed by atoms with E-state index in [2.05, 4.69) is 11.4 Å². The Hall–Kier alpha value is -2.35. The molecule has 1 aromatic rings. The lowest BCUT2D eigenvalue weighted by Crippen LogP contribution is -2.48. The van der Waals surface area contributed by atoms with Crippen LogP contribution >= 0.6 is 0 Å². The number of hydrogen-bond acceptors (Lipinski definition) is 3. The van der Waals surface area contributed by atoms with Crippen LogP contribution in [0.15, 0.2) is 24.3 Å². The van der Waals surface area contributed by atoms with E-state index >= 15 is 0 Å². The van der Waals surface area contributed by atoms with Gasteiger partial charge in [-0.05, 0) is 43.9 Å². The van der Waals surface area contributed by atoms with Gasteiger partial charge in [-0.1, -0.05) is 12.5 Å². The highest BCUT2D eigenvalue weighted by Crippen LogP contribution is 2.27. The van der Waals surface area contributed by atoms with Crippen LogP contribution in [0.4, 0.5) is 0 Å². The van der Waals surface area contributed by atoms with E-state index in [0.29, 0.717) is 24.2 Å². The first kappa shape index (κ1) is 15.5. The van der Waals surface area contributed by atoms with Gasteiger partial charge < -0.3 is 10.2 Å². The van der Waals surface area contributed by atoms with Crippen molar-refractivity contribution in [1.82, 2.24) is 10.2 Å². The van der Waals surface area contributed by atoms with Gasteiger partial charge in [-0.2, -0.15) is 5.26 Å². The molecule has 1 aromatic carbocycles. The van der Waals surface area contributed by atoms with Gasteiger partial charge in [0.05, 0.1) is 11.6 Å². The normalized spacial score (nSPS) is 18.8. The van der Waals surface area contributed by atoms with Crippen LogP contribution in [0.2, 0.25) is 0 Å². The van der Waals surface area contributed by atoms with Gasteiger partial charge in [0.1, 0.15) is 0 Å². The van der Waals surface area contributed by atoms with Gasteiger partial charge >= 0.3 is 0 Å². The van der Waals surface area contributed by atoms with Crippen molar-refractivity contribution in [2.24, 2.45) is 5.92 Å². The van der Waals surface area contributed by atoms with E-state index in [1.54, 1.807) is 24.3 Å². The Balaban J connectivity index is 1.52.